The molecule has 0 fully saturated rings. The van der Waals surface area contributed by atoms with Crippen LogP contribution < -0.4 is 4.74 Å². The van der Waals surface area contributed by atoms with E-state index in [2.05, 4.69) is 9.47 Å². The van der Waals surface area contributed by atoms with Gasteiger partial charge >= 0.3 is 18.3 Å². The van der Waals surface area contributed by atoms with Gasteiger partial charge in [0.25, 0.3) is 6.17 Å². The second kappa shape index (κ2) is 7.25. The van der Waals surface area contributed by atoms with Gasteiger partial charge in [-0.1, -0.05) is 12.1 Å². The van der Waals surface area contributed by atoms with E-state index in [0.29, 0.717) is 0 Å². The van der Waals surface area contributed by atoms with Crippen molar-refractivity contribution in [1.29, 1.82) is 5.26 Å². The molecule has 24 heavy (non-hydrogen) atoms. The summed E-state index contributed by atoms with van der Waals surface area (Å²) in [7, 11) is 1.04. The summed E-state index contributed by atoms with van der Waals surface area (Å²) in [5, 5.41) is 8.74. The maximum absolute atomic E-state index is 13.1. The molecule has 1 unspecified atom stereocenters. The first-order valence-electron chi connectivity index (χ1n) is 6.09. The summed E-state index contributed by atoms with van der Waals surface area (Å²) < 4.78 is 82.9. The third-order valence-electron chi connectivity index (χ3n) is 2.55. The van der Waals surface area contributed by atoms with E-state index in [1.165, 1.54) is 0 Å². The van der Waals surface area contributed by atoms with Gasteiger partial charge in [0.15, 0.2) is 0 Å². The monoisotopic (exact) mass is 353 g/mol. The molecule has 1 rings (SSSR count). The maximum Gasteiger partial charge on any atom is 0.439 e. The van der Waals surface area contributed by atoms with E-state index in [0.717, 1.165) is 37.5 Å². The van der Waals surface area contributed by atoms with Crippen LogP contribution in [0.1, 0.15) is 5.56 Å². The van der Waals surface area contributed by atoms with Crippen molar-refractivity contribution in [3.63, 3.8) is 0 Å². The standard InChI is InChI=1S/C14H9F6NO3/c1-23-11(22)9(7-21)6-8-2-4-10(5-3-8)24-14(19,20)12(15)13(16,17)18/h2-6,12H,1H3/b9-6-. The molecule has 1 aromatic carbocycles. The highest BCUT2D eigenvalue weighted by atomic mass is 19.4. The highest BCUT2D eigenvalue weighted by molar-refractivity contribution is 5.97. The molecule has 4 nitrogen and oxygen atoms in total. The predicted molar refractivity (Wildman–Crippen MR) is 68.6 cm³/mol. The SMILES string of the molecule is COC(=O)/C(C#N)=C\c1ccc(OC(F)(F)C(F)C(F)(F)F)cc1. The number of ether oxygens (including phenoxy) is 2. The van der Waals surface area contributed by atoms with Crippen LogP contribution in [0.2, 0.25) is 0 Å². The van der Waals surface area contributed by atoms with E-state index >= 15 is 0 Å². The minimum atomic E-state index is -5.78. The van der Waals surface area contributed by atoms with Gasteiger partial charge in [0, 0.05) is 0 Å². The average Bonchev–Trinajstić information content (AvgIpc) is 2.51. The van der Waals surface area contributed by atoms with Crippen LogP contribution in [-0.2, 0) is 9.53 Å². The molecule has 0 spiro atoms. The molecule has 0 saturated carbocycles. The second-order valence-electron chi connectivity index (χ2n) is 4.30. The van der Waals surface area contributed by atoms with Gasteiger partial charge < -0.3 is 9.47 Å². The Labute approximate surface area is 131 Å². The summed E-state index contributed by atoms with van der Waals surface area (Å²) in [6.07, 6.45) is -14.3. The third kappa shape index (κ3) is 4.91. The number of alkyl halides is 6. The van der Waals surface area contributed by atoms with E-state index in [1.807, 2.05) is 0 Å². The Morgan fingerprint density at radius 2 is 1.75 bits per heavy atom. The minimum Gasteiger partial charge on any atom is -0.465 e. The molecule has 0 amide bonds. The van der Waals surface area contributed by atoms with Crippen LogP contribution in [0, 0.1) is 11.3 Å². The summed E-state index contributed by atoms with van der Waals surface area (Å²) in [4.78, 5) is 11.2. The van der Waals surface area contributed by atoms with E-state index in [9.17, 15) is 31.1 Å². The van der Waals surface area contributed by atoms with Crippen molar-refractivity contribution < 1.29 is 40.6 Å². The van der Waals surface area contributed by atoms with Gasteiger partial charge in [-0.25, -0.2) is 9.18 Å². The Hall–Kier alpha value is -2.70. The van der Waals surface area contributed by atoms with E-state index in [4.69, 9.17) is 5.26 Å². The van der Waals surface area contributed by atoms with Crippen LogP contribution in [0.4, 0.5) is 26.3 Å². The lowest BCUT2D eigenvalue weighted by atomic mass is 10.1. The lowest BCUT2D eigenvalue weighted by Crippen LogP contribution is -2.45. The largest absolute Gasteiger partial charge is 0.465 e. The zero-order valence-electron chi connectivity index (χ0n) is 11.9. The Morgan fingerprint density at radius 1 is 1.21 bits per heavy atom. The van der Waals surface area contributed by atoms with Crippen molar-refractivity contribution in [3.05, 3.63) is 35.4 Å². The summed E-state index contributed by atoms with van der Waals surface area (Å²) in [6, 6.07) is 5.36. The Balaban J connectivity index is 2.95. The molecule has 0 N–H and O–H groups in total. The maximum atomic E-state index is 13.1. The second-order valence-corrected chi connectivity index (χ2v) is 4.30. The van der Waals surface area contributed by atoms with Gasteiger partial charge in [-0.05, 0) is 23.8 Å². The number of carbonyl (C=O) groups excluding carboxylic acids is 1. The normalized spacial score (nSPS) is 13.8. The van der Waals surface area contributed by atoms with Crippen molar-refractivity contribution in [2.75, 3.05) is 7.11 Å². The fourth-order valence-corrected chi connectivity index (χ4v) is 1.44. The van der Waals surface area contributed by atoms with Crippen LogP contribution in [0.25, 0.3) is 6.08 Å². The molecule has 0 heterocycles. The number of carbonyl (C=O) groups is 1. The highest BCUT2D eigenvalue weighted by Gasteiger charge is 2.59. The van der Waals surface area contributed by atoms with Crippen LogP contribution in [0.15, 0.2) is 29.8 Å². The number of nitrogens with zero attached hydrogens (tertiary/aromatic N) is 1. The molecule has 10 heteroatoms. The number of hydrogen-bond donors (Lipinski definition) is 0. The molecular weight excluding hydrogens is 344 g/mol. The van der Waals surface area contributed by atoms with Crippen LogP contribution >= 0.6 is 0 Å². The van der Waals surface area contributed by atoms with Gasteiger partial charge in [-0.3, -0.25) is 0 Å². The molecule has 0 radical (unpaired) electrons. The van der Waals surface area contributed by atoms with Crippen molar-refractivity contribution in [2.45, 2.75) is 18.5 Å². The van der Waals surface area contributed by atoms with E-state index in [1.54, 1.807) is 6.07 Å². The van der Waals surface area contributed by atoms with Gasteiger partial charge in [0.05, 0.1) is 7.11 Å². The van der Waals surface area contributed by atoms with Crippen molar-refractivity contribution in [1.82, 2.24) is 0 Å². The molecule has 0 bridgehead atoms. The smallest absolute Gasteiger partial charge is 0.439 e. The number of esters is 1. The molecule has 0 aromatic heterocycles. The zero-order valence-corrected chi connectivity index (χ0v) is 11.9. The first-order valence-corrected chi connectivity index (χ1v) is 6.09. The van der Waals surface area contributed by atoms with Gasteiger partial charge in [-0.15, -0.1) is 0 Å². The van der Waals surface area contributed by atoms with Gasteiger partial charge in [-0.2, -0.15) is 27.2 Å². The molecule has 0 aliphatic heterocycles. The van der Waals surface area contributed by atoms with Crippen LogP contribution in [-0.4, -0.2) is 31.5 Å². The molecule has 0 aliphatic rings. The summed E-state index contributed by atoms with van der Waals surface area (Å²) in [6.45, 7) is 0. The van der Waals surface area contributed by atoms with Crippen LogP contribution in [0.5, 0.6) is 5.75 Å². The topological polar surface area (TPSA) is 59.3 Å². The van der Waals surface area contributed by atoms with Crippen molar-refractivity contribution in [3.8, 4) is 11.8 Å². The number of hydrogen-bond acceptors (Lipinski definition) is 4. The van der Waals surface area contributed by atoms with E-state index < -0.39 is 35.7 Å². The molecule has 0 saturated heterocycles. The number of rotatable bonds is 5. The fraction of sp³-hybridized carbons (Fsp3) is 0.286. The first-order chi connectivity index (χ1) is 11.0. The third-order valence-corrected chi connectivity index (χ3v) is 2.55. The fourth-order valence-electron chi connectivity index (χ4n) is 1.44. The summed E-state index contributed by atoms with van der Waals surface area (Å²) in [5.41, 5.74) is -0.211. The number of benzene rings is 1. The van der Waals surface area contributed by atoms with Crippen LogP contribution in [0.3, 0.4) is 0 Å². The Kier molecular flexibility index (Phi) is 5.84. The Bertz CT molecular complexity index is 661. The molecule has 130 valence electrons. The highest BCUT2D eigenvalue weighted by Crippen LogP contribution is 2.36. The van der Waals surface area contributed by atoms with Gasteiger partial charge in [0.1, 0.15) is 17.4 Å². The number of halogens is 6. The lowest BCUT2D eigenvalue weighted by molar-refractivity contribution is -0.304. The molecule has 0 aliphatic carbocycles. The molecular formula is C14H9F6NO3. The summed E-state index contributed by atoms with van der Waals surface area (Å²) >= 11 is 0. The van der Waals surface area contributed by atoms with Crippen molar-refractivity contribution >= 4 is 12.0 Å². The lowest BCUT2D eigenvalue weighted by Gasteiger charge is -2.23. The van der Waals surface area contributed by atoms with Crippen molar-refractivity contribution in [2.24, 2.45) is 0 Å². The Morgan fingerprint density at radius 3 is 2.17 bits per heavy atom. The number of methoxy groups -OCH3 is 1. The molecule has 1 aromatic rings. The summed E-state index contributed by atoms with van der Waals surface area (Å²) in [5.74, 6) is -1.67. The minimum absolute atomic E-state index is 0.181. The van der Waals surface area contributed by atoms with Gasteiger partial charge in [0.2, 0.25) is 0 Å². The first kappa shape index (κ1) is 19.3. The quantitative estimate of drug-likeness (QED) is 0.351. The number of nitriles is 1. The molecule has 1 atom stereocenters. The predicted octanol–water partition coefficient (Wildman–Crippen LogP) is 3.64. The zero-order chi connectivity index (χ0) is 18.5. The average molecular weight is 353 g/mol. The van der Waals surface area contributed by atoms with E-state index in [-0.39, 0.29) is 5.56 Å².